The maximum absolute atomic E-state index is 3.74. The smallest absolute Gasteiger partial charge is 0.0234 e. The van der Waals surface area contributed by atoms with Gasteiger partial charge in [0.25, 0.3) is 0 Å². The summed E-state index contributed by atoms with van der Waals surface area (Å²) in [6.45, 7) is 7.02. The fourth-order valence-electron chi connectivity index (χ4n) is 3.12. The molecule has 2 heteroatoms. The molecule has 1 N–H and O–H groups in total. The molecule has 0 radical (unpaired) electrons. The van der Waals surface area contributed by atoms with Gasteiger partial charge in [0.2, 0.25) is 0 Å². The second-order valence-corrected chi connectivity index (χ2v) is 6.16. The normalized spacial score (nSPS) is 25.2. The Morgan fingerprint density at radius 1 is 1.16 bits per heavy atom. The van der Waals surface area contributed by atoms with E-state index in [4.69, 9.17) is 0 Å². The van der Waals surface area contributed by atoms with Gasteiger partial charge in [-0.2, -0.15) is 0 Å². The average molecular weight is 258 g/mol. The summed E-state index contributed by atoms with van der Waals surface area (Å²) in [4.78, 5) is 2.64. The Balaban J connectivity index is 1.60. The van der Waals surface area contributed by atoms with Crippen LogP contribution in [-0.2, 0) is 13.0 Å². The standard InChI is InChI=1S/C17H26N2/c1-2-14-4-6-15(7-5-14)12-19-11-3-10-18-17(13-19)16-8-9-16/h4-7,16-18H,2-3,8-13H2,1H3. The minimum absolute atomic E-state index is 0.748. The van der Waals surface area contributed by atoms with Gasteiger partial charge in [0.05, 0.1) is 0 Å². The minimum atomic E-state index is 0.748. The van der Waals surface area contributed by atoms with Crippen molar-refractivity contribution < 1.29 is 0 Å². The van der Waals surface area contributed by atoms with Gasteiger partial charge < -0.3 is 5.32 Å². The van der Waals surface area contributed by atoms with Crippen molar-refractivity contribution in [1.29, 1.82) is 0 Å². The average Bonchev–Trinajstić information content (AvgIpc) is 3.26. The third kappa shape index (κ3) is 3.58. The Bertz CT molecular complexity index is 394. The van der Waals surface area contributed by atoms with Gasteiger partial charge in [0.1, 0.15) is 0 Å². The molecule has 1 unspecified atom stereocenters. The van der Waals surface area contributed by atoms with Gasteiger partial charge >= 0.3 is 0 Å². The number of benzene rings is 1. The molecule has 0 amide bonds. The van der Waals surface area contributed by atoms with Gasteiger partial charge in [-0.25, -0.2) is 0 Å². The fraction of sp³-hybridized carbons (Fsp3) is 0.647. The van der Waals surface area contributed by atoms with E-state index < -0.39 is 0 Å². The molecule has 19 heavy (non-hydrogen) atoms. The molecule has 1 aliphatic heterocycles. The maximum Gasteiger partial charge on any atom is 0.0234 e. The molecule has 3 rings (SSSR count). The zero-order valence-electron chi connectivity index (χ0n) is 12.1. The highest BCUT2D eigenvalue weighted by Gasteiger charge is 2.32. The van der Waals surface area contributed by atoms with Crippen LogP contribution in [0.25, 0.3) is 0 Å². The van der Waals surface area contributed by atoms with Crippen LogP contribution in [0.5, 0.6) is 0 Å². The first-order chi connectivity index (χ1) is 9.35. The Labute approximate surface area is 117 Å². The van der Waals surface area contributed by atoms with Crippen LogP contribution < -0.4 is 5.32 Å². The van der Waals surface area contributed by atoms with Gasteiger partial charge in [-0.15, -0.1) is 0 Å². The third-order valence-corrected chi connectivity index (χ3v) is 4.54. The van der Waals surface area contributed by atoms with E-state index >= 15 is 0 Å². The van der Waals surface area contributed by atoms with E-state index in [1.807, 2.05) is 0 Å². The predicted molar refractivity (Wildman–Crippen MR) is 80.2 cm³/mol. The molecule has 0 bridgehead atoms. The van der Waals surface area contributed by atoms with Crippen LogP contribution in [0.4, 0.5) is 0 Å². The number of nitrogens with one attached hydrogen (secondary N) is 1. The first-order valence-corrected chi connectivity index (χ1v) is 7.88. The van der Waals surface area contributed by atoms with E-state index in [0.717, 1.165) is 24.9 Å². The molecule has 1 atom stereocenters. The summed E-state index contributed by atoms with van der Waals surface area (Å²) >= 11 is 0. The van der Waals surface area contributed by atoms with Crippen molar-refractivity contribution in [3.8, 4) is 0 Å². The SMILES string of the molecule is CCc1ccc(CN2CCCNC(C3CC3)C2)cc1. The zero-order chi connectivity index (χ0) is 13.1. The summed E-state index contributed by atoms with van der Waals surface area (Å²) in [5.41, 5.74) is 2.91. The molecule has 0 aromatic heterocycles. The topological polar surface area (TPSA) is 15.3 Å². The van der Waals surface area contributed by atoms with Crippen LogP contribution in [0.2, 0.25) is 0 Å². The summed E-state index contributed by atoms with van der Waals surface area (Å²) in [5.74, 6) is 0.961. The Kier molecular flexibility index (Phi) is 4.19. The lowest BCUT2D eigenvalue weighted by molar-refractivity contribution is 0.251. The molecule has 2 aliphatic rings. The molecule has 1 aliphatic carbocycles. The lowest BCUT2D eigenvalue weighted by atomic mass is 10.1. The van der Waals surface area contributed by atoms with Crippen molar-refractivity contribution in [2.75, 3.05) is 19.6 Å². The molecule has 1 saturated heterocycles. The number of rotatable bonds is 4. The highest BCUT2D eigenvalue weighted by molar-refractivity contribution is 5.22. The third-order valence-electron chi connectivity index (χ3n) is 4.54. The van der Waals surface area contributed by atoms with Gasteiger partial charge in [-0.05, 0) is 55.8 Å². The van der Waals surface area contributed by atoms with Gasteiger partial charge in [-0.3, -0.25) is 4.90 Å². The molecular weight excluding hydrogens is 232 g/mol. The molecule has 2 fully saturated rings. The van der Waals surface area contributed by atoms with E-state index in [-0.39, 0.29) is 0 Å². The molecule has 1 aromatic rings. The minimum Gasteiger partial charge on any atom is -0.312 e. The molecule has 2 nitrogen and oxygen atoms in total. The van der Waals surface area contributed by atoms with Crippen LogP contribution in [0, 0.1) is 5.92 Å². The lowest BCUT2D eigenvalue weighted by Crippen LogP contribution is -2.38. The number of hydrogen-bond acceptors (Lipinski definition) is 2. The van der Waals surface area contributed by atoms with E-state index in [9.17, 15) is 0 Å². The first kappa shape index (κ1) is 13.1. The fourth-order valence-corrected chi connectivity index (χ4v) is 3.12. The summed E-state index contributed by atoms with van der Waals surface area (Å²) < 4.78 is 0. The summed E-state index contributed by atoms with van der Waals surface area (Å²) in [7, 11) is 0. The largest absolute Gasteiger partial charge is 0.312 e. The van der Waals surface area contributed by atoms with Gasteiger partial charge in [0.15, 0.2) is 0 Å². The zero-order valence-corrected chi connectivity index (χ0v) is 12.1. The Hall–Kier alpha value is -0.860. The van der Waals surface area contributed by atoms with Crippen molar-refractivity contribution in [3.63, 3.8) is 0 Å². The van der Waals surface area contributed by atoms with Gasteiger partial charge in [0, 0.05) is 19.1 Å². The molecule has 0 spiro atoms. The van der Waals surface area contributed by atoms with Crippen LogP contribution >= 0.6 is 0 Å². The molecule has 104 valence electrons. The van der Waals surface area contributed by atoms with Crippen LogP contribution in [0.3, 0.4) is 0 Å². The Morgan fingerprint density at radius 3 is 2.58 bits per heavy atom. The first-order valence-electron chi connectivity index (χ1n) is 7.88. The van der Waals surface area contributed by atoms with Gasteiger partial charge in [-0.1, -0.05) is 31.2 Å². The van der Waals surface area contributed by atoms with Crippen molar-refractivity contribution in [2.45, 2.75) is 45.2 Å². The lowest BCUT2D eigenvalue weighted by Gasteiger charge is -2.24. The molecular formula is C17H26N2. The van der Waals surface area contributed by atoms with Crippen molar-refractivity contribution in [2.24, 2.45) is 5.92 Å². The van der Waals surface area contributed by atoms with Crippen LogP contribution in [-0.4, -0.2) is 30.6 Å². The second-order valence-electron chi connectivity index (χ2n) is 6.16. The highest BCUT2D eigenvalue weighted by Crippen LogP contribution is 2.33. The maximum atomic E-state index is 3.74. The van der Waals surface area contributed by atoms with E-state index in [2.05, 4.69) is 41.4 Å². The number of nitrogens with zero attached hydrogens (tertiary/aromatic N) is 1. The molecule has 1 aromatic carbocycles. The van der Waals surface area contributed by atoms with Crippen molar-refractivity contribution in [3.05, 3.63) is 35.4 Å². The molecule has 1 heterocycles. The quantitative estimate of drug-likeness (QED) is 0.893. The summed E-state index contributed by atoms with van der Waals surface area (Å²) in [6, 6.07) is 9.93. The van der Waals surface area contributed by atoms with E-state index in [0.29, 0.717) is 0 Å². The number of hydrogen-bond donors (Lipinski definition) is 1. The van der Waals surface area contributed by atoms with Crippen LogP contribution in [0.15, 0.2) is 24.3 Å². The summed E-state index contributed by atoms with van der Waals surface area (Å²) in [5, 5.41) is 3.74. The van der Waals surface area contributed by atoms with Crippen molar-refractivity contribution in [1.82, 2.24) is 10.2 Å². The highest BCUT2D eigenvalue weighted by atomic mass is 15.2. The molecule has 1 saturated carbocycles. The van der Waals surface area contributed by atoms with Crippen LogP contribution in [0.1, 0.15) is 37.3 Å². The Morgan fingerprint density at radius 2 is 1.89 bits per heavy atom. The monoisotopic (exact) mass is 258 g/mol. The number of aryl methyl sites for hydroxylation is 1. The van der Waals surface area contributed by atoms with E-state index in [1.165, 1.54) is 50.0 Å². The second kappa shape index (κ2) is 6.06. The summed E-state index contributed by atoms with van der Waals surface area (Å²) in [6.07, 6.45) is 5.31. The predicted octanol–water partition coefficient (Wildman–Crippen LogP) is 2.82. The van der Waals surface area contributed by atoms with E-state index in [1.54, 1.807) is 0 Å². The van der Waals surface area contributed by atoms with Crippen molar-refractivity contribution >= 4 is 0 Å².